The molecule has 6 amide bonds. The Bertz CT molecular complexity index is 2160. The molecule has 0 saturated carbocycles. The number of phenols is 3. The Balaban J connectivity index is 1.45. The summed E-state index contributed by atoms with van der Waals surface area (Å²) in [5.41, 5.74) is 18.6. The number of phenolic OH excluding ortho intramolecular Hbond substituents is 3. The van der Waals surface area contributed by atoms with Crippen LogP contribution in [-0.4, -0.2) is 99.0 Å². The number of fused-ring (bicyclic) bond motifs is 1. The molecule has 4 rings (SSSR count). The lowest BCUT2D eigenvalue weighted by molar-refractivity contribution is -0.133. The lowest BCUT2D eigenvalue weighted by Crippen LogP contribution is -2.57. The van der Waals surface area contributed by atoms with Crippen molar-refractivity contribution in [1.29, 1.82) is 0 Å². The fourth-order valence-electron chi connectivity index (χ4n) is 6.33. The Kier molecular flexibility index (Phi) is 16.2. The molecule has 0 aliphatic rings. The van der Waals surface area contributed by atoms with Gasteiger partial charge < -0.3 is 64.1 Å². The van der Waals surface area contributed by atoms with Gasteiger partial charge >= 0.3 is 0 Å². The fourth-order valence-corrected chi connectivity index (χ4v) is 6.33. The zero-order valence-electron chi connectivity index (χ0n) is 33.2. The van der Waals surface area contributed by atoms with Crippen molar-refractivity contribution in [1.82, 2.24) is 31.6 Å². The number of guanidine groups is 1. The number of carbonyl (C=O) groups is 6. The average Bonchev–Trinajstić information content (AvgIpc) is 3.61. The maximum absolute atomic E-state index is 13.8. The molecule has 1 aromatic heterocycles. The number of aromatic hydroxyl groups is 3. The largest absolute Gasteiger partial charge is 0.504 e. The van der Waals surface area contributed by atoms with Crippen LogP contribution in [0.25, 0.3) is 10.9 Å². The van der Waals surface area contributed by atoms with E-state index in [0.717, 1.165) is 28.6 Å². The number of para-hydroxylation sites is 1. The van der Waals surface area contributed by atoms with Gasteiger partial charge in [-0.05, 0) is 54.5 Å². The van der Waals surface area contributed by atoms with E-state index in [-0.39, 0.29) is 56.1 Å². The van der Waals surface area contributed by atoms with Crippen LogP contribution in [0.3, 0.4) is 0 Å². The Morgan fingerprint density at radius 1 is 0.733 bits per heavy atom. The van der Waals surface area contributed by atoms with Crippen LogP contribution in [-0.2, 0) is 36.8 Å². The van der Waals surface area contributed by atoms with Crippen molar-refractivity contribution in [2.75, 3.05) is 13.1 Å². The first-order valence-electron chi connectivity index (χ1n) is 19.2. The first-order valence-corrected chi connectivity index (χ1v) is 19.2. The number of nitrogens with one attached hydrogen (secondary N) is 6. The highest BCUT2D eigenvalue weighted by Gasteiger charge is 2.31. The molecule has 320 valence electrons. The maximum atomic E-state index is 13.8. The van der Waals surface area contributed by atoms with Gasteiger partial charge in [0.05, 0.1) is 6.54 Å². The summed E-state index contributed by atoms with van der Waals surface area (Å²) in [6.07, 6.45) is 2.21. The predicted octanol–water partition coefficient (Wildman–Crippen LogP) is 0.0241. The summed E-state index contributed by atoms with van der Waals surface area (Å²) in [4.78, 5) is 87.0. The number of nitrogens with two attached hydrogens (primary N) is 3. The lowest BCUT2D eigenvalue weighted by Gasteiger charge is -2.26. The fraction of sp³-hybridized carbons (Fsp3) is 0.341. The molecule has 1 heterocycles. The van der Waals surface area contributed by atoms with E-state index in [1.54, 1.807) is 36.5 Å². The number of aromatic amines is 1. The Morgan fingerprint density at radius 2 is 1.37 bits per heavy atom. The van der Waals surface area contributed by atoms with Gasteiger partial charge in [0, 0.05) is 42.0 Å². The van der Waals surface area contributed by atoms with Crippen LogP contribution in [0.5, 0.6) is 17.2 Å². The van der Waals surface area contributed by atoms with E-state index in [2.05, 4.69) is 36.6 Å². The van der Waals surface area contributed by atoms with E-state index in [1.807, 2.05) is 38.1 Å². The Morgan fingerprint density at radius 3 is 2.02 bits per heavy atom. The summed E-state index contributed by atoms with van der Waals surface area (Å²) in [6, 6.07) is 13.1. The van der Waals surface area contributed by atoms with Gasteiger partial charge in [-0.15, -0.1) is 0 Å². The summed E-state index contributed by atoms with van der Waals surface area (Å²) in [5, 5.41) is 43.3. The molecule has 4 aromatic rings. The highest BCUT2D eigenvalue weighted by molar-refractivity contribution is 5.99. The van der Waals surface area contributed by atoms with Crippen molar-refractivity contribution in [2.45, 2.75) is 70.1 Å². The van der Waals surface area contributed by atoms with Gasteiger partial charge in [-0.2, -0.15) is 0 Å². The van der Waals surface area contributed by atoms with E-state index in [1.165, 1.54) is 0 Å². The zero-order chi connectivity index (χ0) is 43.9. The molecule has 19 nitrogen and oxygen atoms in total. The van der Waals surface area contributed by atoms with E-state index >= 15 is 0 Å². The SMILES string of the molecule is CC(C)C[C@H](NC(=O)CNC(=O)[C@H](Cc1ccccc1)NC(=O)c1cc(O)c(O)c(O)c1)C(=O)N[C@@H](CCCN=C(N)N)C(=O)N[C@@H](Cc1c[nH]c2ccccc12)C(N)=O. The molecular formula is C41H52N10O9. The van der Waals surface area contributed by atoms with Gasteiger partial charge in [0.2, 0.25) is 29.5 Å². The molecule has 0 aliphatic heterocycles. The zero-order valence-corrected chi connectivity index (χ0v) is 33.2. The molecule has 0 fully saturated rings. The van der Waals surface area contributed by atoms with Crippen molar-refractivity contribution in [3.05, 3.63) is 89.6 Å². The first kappa shape index (κ1) is 45.4. The van der Waals surface area contributed by atoms with E-state index in [0.29, 0.717) is 5.56 Å². The minimum Gasteiger partial charge on any atom is -0.504 e. The first-order chi connectivity index (χ1) is 28.5. The van der Waals surface area contributed by atoms with E-state index < -0.39 is 83.4 Å². The molecule has 0 unspecified atom stereocenters. The Hall–Kier alpha value is -7.31. The summed E-state index contributed by atoms with van der Waals surface area (Å²) in [5.74, 6) is -7.23. The number of aliphatic imine (C=N–C) groups is 1. The molecule has 0 bridgehead atoms. The standard InChI is InChI=1S/C41H52N10O9/c1-22(2)15-30(48-34(54)21-47-38(58)31(16-23-9-4-3-5-10-23)51-37(57)24-18-32(52)35(55)33(53)19-24)40(60)49-28(13-8-14-45-41(43)44)39(59)50-29(36(42)56)17-25-20-46-27-12-7-6-11-26(25)27/h3-7,9-12,18-20,22,28-31,46,52-53,55H,8,13-17,21H2,1-2H3,(H2,42,56)(H,47,58)(H,48,54)(H,49,60)(H,50,59)(H,51,57)(H4,43,44,45)/t28-,29-,30-,31-/m0/s1. The van der Waals surface area contributed by atoms with Crippen molar-refractivity contribution in [2.24, 2.45) is 28.1 Å². The van der Waals surface area contributed by atoms with Crippen LogP contribution in [0.2, 0.25) is 0 Å². The molecule has 19 heteroatoms. The number of hydrogen-bond donors (Lipinski definition) is 12. The summed E-state index contributed by atoms with van der Waals surface area (Å²) in [7, 11) is 0. The van der Waals surface area contributed by atoms with Crippen LogP contribution < -0.4 is 43.8 Å². The van der Waals surface area contributed by atoms with Gasteiger partial charge in [0.1, 0.15) is 24.2 Å². The van der Waals surface area contributed by atoms with E-state index in [4.69, 9.17) is 17.2 Å². The van der Waals surface area contributed by atoms with Crippen LogP contribution in [0.4, 0.5) is 0 Å². The van der Waals surface area contributed by atoms with Crippen LogP contribution in [0.15, 0.2) is 77.9 Å². The number of benzene rings is 3. The van der Waals surface area contributed by atoms with Crippen molar-refractivity contribution < 1.29 is 44.1 Å². The lowest BCUT2D eigenvalue weighted by atomic mass is 10.0. The highest BCUT2D eigenvalue weighted by Crippen LogP contribution is 2.35. The van der Waals surface area contributed by atoms with Crippen LogP contribution >= 0.6 is 0 Å². The molecule has 4 atom stereocenters. The number of carbonyl (C=O) groups excluding carboxylic acids is 6. The highest BCUT2D eigenvalue weighted by atomic mass is 16.3. The average molecular weight is 829 g/mol. The van der Waals surface area contributed by atoms with Gasteiger partial charge in [-0.25, -0.2) is 0 Å². The number of amides is 6. The van der Waals surface area contributed by atoms with Gasteiger partial charge in [-0.1, -0.05) is 62.4 Å². The van der Waals surface area contributed by atoms with Gasteiger partial charge in [0.15, 0.2) is 23.2 Å². The number of primary amides is 1. The van der Waals surface area contributed by atoms with Crippen molar-refractivity contribution in [3.63, 3.8) is 0 Å². The molecule has 0 aliphatic carbocycles. The maximum Gasteiger partial charge on any atom is 0.252 e. The number of H-pyrrole nitrogens is 1. The van der Waals surface area contributed by atoms with Crippen molar-refractivity contribution >= 4 is 52.3 Å². The summed E-state index contributed by atoms with van der Waals surface area (Å²) in [6.45, 7) is 3.16. The number of nitrogens with zero attached hydrogens (tertiary/aromatic N) is 1. The normalized spacial score (nSPS) is 13.0. The molecule has 3 aromatic carbocycles. The summed E-state index contributed by atoms with van der Waals surface area (Å²) < 4.78 is 0. The van der Waals surface area contributed by atoms with Crippen LogP contribution in [0.1, 0.15) is 54.6 Å². The number of rotatable bonds is 21. The minimum atomic E-state index is -1.25. The third-order valence-corrected chi connectivity index (χ3v) is 9.36. The Labute approximate surface area is 345 Å². The molecule has 0 radical (unpaired) electrons. The summed E-state index contributed by atoms with van der Waals surface area (Å²) >= 11 is 0. The second-order valence-corrected chi connectivity index (χ2v) is 14.6. The molecule has 60 heavy (non-hydrogen) atoms. The number of hydrogen-bond acceptors (Lipinski definition) is 10. The van der Waals surface area contributed by atoms with Crippen molar-refractivity contribution in [3.8, 4) is 17.2 Å². The smallest absolute Gasteiger partial charge is 0.252 e. The topological polar surface area (TPSA) is 329 Å². The quantitative estimate of drug-likeness (QED) is 0.0230. The minimum absolute atomic E-state index is 0.0144. The molecule has 0 saturated heterocycles. The van der Waals surface area contributed by atoms with Gasteiger partial charge in [-0.3, -0.25) is 33.8 Å². The second-order valence-electron chi connectivity index (χ2n) is 14.6. The second kappa shape index (κ2) is 21.4. The molecular weight excluding hydrogens is 777 g/mol. The monoisotopic (exact) mass is 828 g/mol. The third kappa shape index (κ3) is 13.4. The molecule has 0 spiro atoms. The van der Waals surface area contributed by atoms with E-state index in [9.17, 15) is 44.1 Å². The van der Waals surface area contributed by atoms with Gasteiger partial charge in [0.25, 0.3) is 5.91 Å². The third-order valence-electron chi connectivity index (χ3n) is 9.36. The molecule has 15 N–H and O–H groups in total. The van der Waals surface area contributed by atoms with Crippen LogP contribution in [0, 0.1) is 5.92 Å². The number of aromatic nitrogens is 1. The predicted molar refractivity (Wildman–Crippen MR) is 222 cm³/mol.